The molecule has 1 heterocycles. The van der Waals surface area contributed by atoms with Gasteiger partial charge < -0.3 is 4.74 Å². The molecule has 2 nitrogen and oxygen atoms in total. The molecule has 0 aromatic carbocycles. The second-order valence-electron chi connectivity index (χ2n) is 3.31. The summed E-state index contributed by atoms with van der Waals surface area (Å²) in [6.07, 6.45) is 4.02. The molecule has 1 saturated heterocycles. The molecule has 0 N–H and O–H groups in total. The number of rotatable bonds is 3. The average molecular weight is 191 g/mol. The van der Waals surface area contributed by atoms with Crippen molar-refractivity contribution in [2.45, 2.75) is 38.7 Å². The summed E-state index contributed by atoms with van der Waals surface area (Å²) in [5.74, 6) is 0.0389. The molecule has 2 atom stereocenters. The molecule has 12 heavy (non-hydrogen) atoms. The molecule has 1 aliphatic rings. The molecule has 0 aromatic heterocycles. The van der Waals surface area contributed by atoms with E-state index in [9.17, 15) is 4.79 Å². The van der Waals surface area contributed by atoms with Crippen LogP contribution in [0.4, 0.5) is 0 Å². The maximum atomic E-state index is 10.9. The molecule has 70 valence electrons. The van der Waals surface area contributed by atoms with Gasteiger partial charge in [0, 0.05) is 12.5 Å². The molecule has 0 saturated carbocycles. The zero-order valence-corrected chi connectivity index (χ0v) is 8.14. The van der Waals surface area contributed by atoms with Crippen molar-refractivity contribution in [2.75, 3.05) is 6.61 Å². The number of hydrogen-bond donors (Lipinski definition) is 0. The van der Waals surface area contributed by atoms with E-state index < -0.39 is 0 Å². The Bertz CT molecular complexity index is 157. The van der Waals surface area contributed by atoms with Crippen molar-refractivity contribution < 1.29 is 9.53 Å². The predicted octanol–water partition coefficient (Wildman–Crippen LogP) is 2.35. The highest BCUT2D eigenvalue weighted by atomic mass is 35.5. The summed E-state index contributed by atoms with van der Waals surface area (Å²) in [7, 11) is 0. The second-order valence-corrected chi connectivity index (χ2v) is 3.68. The lowest BCUT2D eigenvalue weighted by atomic mass is 9.95. The van der Waals surface area contributed by atoms with Crippen LogP contribution in [0.3, 0.4) is 0 Å². The van der Waals surface area contributed by atoms with Gasteiger partial charge in [-0.25, -0.2) is 0 Å². The van der Waals surface area contributed by atoms with Crippen LogP contribution in [0.15, 0.2) is 0 Å². The summed E-state index contributed by atoms with van der Waals surface area (Å²) in [6.45, 7) is 2.81. The normalized spacial score (nSPS) is 30.2. The van der Waals surface area contributed by atoms with Crippen LogP contribution in [0.5, 0.6) is 0 Å². The minimum atomic E-state index is -0.195. The standard InChI is InChI=1S/C9H15ClO2/c1-2-3-8-6-7(9(10)11)4-5-12-8/h7-8H,2-6H2,1H3. The van der Waals surface area contributed by atoms with Gasteiger partial charge in [-0.2, -0.15) is 0 Å². The largest absolute Gasteiger partial charge is 0.378 e. The minimum Gasteiger partial charge on any atom is -0.378 e. The quantitative estimate of drug-likeness (QED) is 0.639. The Morgan fingerprint density at radius 2 is 2.42 bits per heavy atom. The third-order valence-electron chi connectivity index (χ3n) is 2.30. The molecule has 3 heteroatoms. The molecule has 1 fully saturated rings. The third kappa shape index (κ3) is 2.76. The van der Waals surface area contributed by atoms with E-state index in [1.807, 2.05) is 0 Å². The fourth-order valence-electron chi connectivity index (χ4n) is 1.61. The molecule has 0 aliphatic carbocycles. The van der Waals surface area contributed by atoms with Gasteiger partial charge in [-0.05, 0) is 30.9 Å². The zero-order valence-electron chi connectivity index (χ0n) is 7.38. The van der Waals surface area contributed by atoms with Gasteiger partial charge in [0.25, 0.3) is 0 Å². The number of carbonyl (C=O) groups excluding carboxylic acids is 1. The molecular weight excluding hydrogens is 176 g/mol. The van der Waals surface area contributed by atoms with Crippen LogP contribution in [-0.4, -0.2) is 18.0 Å². The molecule has 1 aliphatic heterocycles. The summed E-state index contributed by atoms with van der Waals surface area (Å²) in [4.78, 5) is 10.9. The van der Waals surface area contributed by atoms with Crippen molar-refractivity contribution >= 4 is 16.8 Å². The summed E-state index contributed by atoms with van der Waals surface area (Å²) >= 11 is 5.43. The van der Waals surface area contributed by atoms with E-state index >= 15 is 0 Å². The molecule has 0 radical (unpaired) electrons. The van der Waals surface area contributed by atoms with Crippen molar-refractivity contribution in [1.82, 2.24) is 0 Å². The van der Waals surface area contributed by atoms with Crippen LogP contribution in [0, 0.1) is 5.92 Å². The van der Waals surface area contributed by atoms with Crippen molar-refractivity contribution in [3.63, 3.8) is 0 Å². The van der Waals surface area contributed by atoms with Crippen molar-refractivity contribution in [3.8, 4) is 0 Å². The maximum Gasteiger partial charge on any atom is 0.224 e. The van der Waals surface area contributed by atoms with E-state index in [2.05, 4.69) is 6.92 Å². The van der Waals surface area contributed by atoms with Gasteiger partial charge >= 0.3 is 0 Å². The SMILES string of the molecule is CCCC1CC(C(=O)Cl)CCO1. The number of ether oxygens (including phenoxy) is 1. The van der Waals surface area contributed by atoms with Gasteiger partial charge in [0.05, 0.1) is 6.10 Å². The Labute approximate surface area is 78.2 Å². The van der Waals surface area contributed by atoms with Gasteiger partial charge in [-0.3, -0.25) is 4.79 Å². The fourth-order valence-corrected chi connectivity index (χ4v) is 1.81. The van der Waals surface area contributed by atoms with Gasteiger partial charge in [-0.15, -0.1) is 0 Å². The van der Waals surface area contributed by atoms with Gasteiger partial charge in [0.1, 0.15) is 0 Å². The molecule has 2 unspecified atom stereocenters. The van der Waals surface area contributed by atoms with E-state index in [0.29, 0.717) is 6.61 Å². The van der Waals surface area contributed by atoms with Crippen LogP contribution in [0.2, 0.25) is 0 Å². The first-order chi connectivity index (χ1) is 5.74. The topological polar surface area (TPSA) is 26.3 Å². The van der Waals surface area contributed by atoms with Crippen molar-refractivity contribution in [3.05, 3.63) is 0 Å². The lowest BCUT2D eigenvalue weighted by Crippen LogP contribution is -2.28. The number of hydrogen-bond acceptors (Lipinski definition) is 2. The van der Waals surface area contributed by atoms with E-state index in [4.69, 9.17) is 16.3 Å². The highest BCUT2D eigenvalue weighted by Crippen LogP contribution is 2.24. The Kier molecular flexibility index (Phi) is 4.02. The summed E-state index contributed by atoms with van der Waals surface area (Å²) < 4.78 is 5.49. The first-order valence-corrected chi connectivity index (χ1v) is 4.92. The molecule has 0 bridgehead atoms. The van der Waals surface area contributed by atoms with Gasteiger partial charge in [0.2, 0.25) is 5.24 Å². The van der Waals surface area contributed by atoms with Gasteiger partial charge in [0.15, 0.2) is 0 Å². The van der Waals surface area contributed by atoms with Crippen LogP contribution in [0.25, 0.3) is 0 Å². The van der Waals surface area contributed by atoms with E-state index in [-0.39, 0.29) is 17.3 Å². The summed E-state index contributed by atoms with van der Waals surface area (Å²) in [5, 5.41) is -0.195. The van der Waals surface area contributed by atoms with E-state index in [0.717, 1.165) is 25.7 Å². The first-order valence-electron chi connectivity index (χ1n) is 4.55. The Balaban J connectivity index is 2.35. The molecule has 0 aromatic rings. The fraction of sp³-hybridized carbons (Fsp3) is 0.889. The Morgan fingerprint density at radius 3 is 3.00 bits per heavy atom. The molecule has 0 spiro atoms. The lowest BCUT2D eigenvalue weighted by molar-refractivity contribution is -0.120. The van der Waals surface area contributed by atoms with Crippen molar-refractivity contribution in [1.29, 1.82) is 0 Å². The molecule has 1 rings (SSSR count). The van der Waals surface area contributed by atoms with Crippen molar-refractivity contribution in [2.24, 2.45) is 5.92 Å². The molecular formula is C9H15ClO2. The average Bonchev–Trinajstić information content (AvgIpc) is 2.05. The summed E-state index contributed by atoms with van der Waals surface area (Å²) in [5.41, 5.74) is 0. The summed E-state index contributed by atoms with van der Waals surface area (Å²) in [6, 6.07) is 0. The number of carbonyl (C=O) groups is 1. The zero-order chi connectivity index (χ0) is 8.97. The Morgan fingerprint density at radius 1 is 1.67 bits per heavy atom. The van der Waals surface area contributed by atoms with E-state index in [1.165, 1.54) is 0 Å². The monoisotopic (exact) mass is 190 g/mol. The smallest absolute Gasteiger partial charge is 0.224 e. The first kappa shape index (κ1) is 10.0. The highest BCUT2D eigenvalue weighted by Gasteiger charge is 2.25. The van der Waals surface area contributed by atoms with Crippen LogP contribution in [-0.2, 0) is 9.53 Å². The number of halogens is 1. The van der Waals surface area contributed by atoms with E-state index in [1.54, 1.807) is 0 Å². The third-order valence-corrected chi connectivity index (χ3v) is 2.61. The minimum absolute atomic E-state index is 0.0389. The van der Waals surface area contributed by atoms with Crippen LogP contribution in [0.1, 0.15) is 32.6 Å². The second kappa shape index (κ2) is 4.83. The lowest BCUT2D eigenvalue weighted by Gasteiger charge is -2.27. The van der Waals surface area contributed by atoms with Crippen LogP contribution >= 0.6 is 11.6 Å². The Hall–Kier alpha value is -0.0800. The predicted molar refractivity (Wildman–Crippen MR) is 48.2 cm³/mol. The highest BCUT2D eigenvalue weighted by molar-refractivity contribution is 6.63. The van der Waals surface area contributed by atoms with Crippen LogP contribution < -0.4 is 0 Å². The maximum absolute atomic E-state index is 10.9. The van der Waals surface area contributed by atoms with Gasteiger partial charge in [-0.1, -0.05) is 13.3 Å². The molecule has 0 amide bonds.